The molecular formula is C15H12N4OS. The third-order valence-electron chi connectivity index (χ3n) is 2.93. The molecule has 6 heteroatoms. The van der Waals surface area contributed by atoms with E-state index in [0.717, 1.165) is 21.7 Å². The van der Waals surface area contributed by atoms with Gasteiger partial charge in [-0.3, -0.25) is 9.78 Å². The highest BCUT2D eigenvalue weighted by Crippen LogP contribution is 2.23. The maximum atomic E-state index is 11.9. The van der Waals surface area contributed by atoms with Gasteiger partial charge in [-0.05, 0) is 46.9 Å². The van der Waals surface area contributed by atoms with Crippen LogP contribution in [0.4, 0.5) is 5.69 Å². The summed E-state index contributed by atoms with van der Waals surface area (Å²) in [4.78, 5) is 16.9. The summed E-state index contributed by atoms with van der Waals surface area (Å²) in [5.41, 5.74) is 2.75. The number of rotatable bonds is 4. The van der Waals surface area contributed by atoms with Crippen molar-refractivity contribution in [1.29, 1.82) is 0 Å². The number of pyridine rings is 1. The van der Waals surface area contributed by atoms with E-state index in [9.17, 15) is 4.79 Å². The lowest BCUT2D eigenvalue weighted by Crippen LogP contribution is -2.14. The number of hydrogen-bond donors (Lipinski definition) is 1. The van der Waals surface area contributed by atoms with Crippen LogP contribution in [0.3, 0.4) is 0 Å². The number of carbonyl (C=O) groups is 1. The minimum atomic E-state index is -0.0478. The van der Waals surface area contributed by atoms with Crippen molar-refractivity contribution in [1.82, 2.24) is 14.6 Å². The molecule has 1 amide bonds. The summed E-state index contributed by atoms with van der Waals surface area (Å²) in [7, 11) is 0. The summed E-state index contributed by atoms with van der Waals surface area (Å²) in [6.45, 7) is 0. The van der Waals surface area contributed by atoms with E-state index in [1.807, 2.05) is 36.4 Å². The lowest BCUT2D eigenvalue weighted by atomic mass is 10.1. The SMILES string of the molecule is O=C(Cc1ccncc1)Nc1ccc(-c2cnns2)cc1. The number of hydrogen-bond acceptors (Lipinski definition) is 5. The zero-order valence-corrected chi connectivity index (χ0v) is 11.9. The molecular weight excluding hydrogens is 284 g/mol. The van der Waals surface area contributed by atoms with Gasteiger partial charge < -0.3 is 5.32 Å². The van der Waals surface area contributed by atoms with Crippen LogP contribution in [-0.4, -0.2) is 20.5 Å². The maximum Gasteiger partial charge on any atom is 0.228 e. The molecule has 0 aliphatic heterocycles. The fourth-order valence-corrected chi connectivity index (χ4v) is 2.42. The Hall–Kier alpha value is -2.60. The van der Waals surface area contributed by atoms with E-state index in [1.54, 1.807) is 18.6 Å². The van der Waals surface area contributed by atoms with Crippen LogP contribution in [0.1, 0.15) is 5.56 Å². The number of nitrogens with zero attached hydrogens (tertiary/aromatic N) is 3. The highest BCUT2D eigenvalue weighted by atomic mass is 32.1. The fourth-order valence-electron chi connectivity index (χ4n) is 1.90. The van der Waals surface area contributed by atoms with Crippen LogP contribution in [0.5, 0.6) is 0 Å². The van der Waals surface area contributed by atoms with Gasteiger partial charge in [0, 0.05) is 18.1 Å². The van der Waals surface area contributed by atoms with Crippen LogP contribution in [0.25, 0.3) is 10.4 Å². The van der Waals surface area contributed by atoms with E-state index in [2.05, 4.69) is 19.9 Å². The average molecular weight is 296 g/mol. The van der Waals surface area contributed by atoms with Crippen molar-refractivity contribution in [2.24, 2.45) is 0 Å². The number of benzene rings is 1. The third-order valence-corrected chi connectivity index (χ3v) is 3.64. The number of nitrogens with one attached hydrogen (secondary N) is 1. The molecule has 3 rings (SSSR count). The van der Waals surface area contributed by atoms with E-state index in [-0.39, 0.29) is 5.91 Å². The van der Waals surface area contributed by atoms with Crippen LogP contribution in [0, 0.1) is 0 Å². The van der Waals surface area contributed by atoms with Crippen molar-refractivity contribution in [2.45, 2.75) is 6.42 Å². The van der Waals surface area contributed by atoms with Gasteiger partial charge in [0.15, 0.2) is 0 Å². The van der Waals surface area contributed by atoms with Crippen molar-refractivity contribution < 1.29 is 4.79 Å². The molecule has 0 aliphatic rings. The van der Waals surface area contributed by atoms with Gasteiger partial charge in [-0.25, -0.2) is 0 Å². The Morgan fingerprint density at radius 2 is 1.86 bits per heavy atom. The number of amides is 1. The van der Waals surface area contributed by atoms with E-state index in [4.69, 9.17) is 0 Å². The zero-order chi connectivity index (χ0) is 14.5. The van der Waals surface area contributed by atoms with Gasteiger partial charge in [-0.15, -0.1) is 5.10 Å². The van der Waals surface area contributed by atoms with Gasteiger partial charge in [-0.2, -0.15) is 0 Å². The van der Waals surface area contributed by atoms with Gasteiger partial charge in [0.25, 0.3) is 0 Å². The molecule has 0 bridgehead atoms. The van der Waals surface area contributed by atoms with Gasteiger partial charge in [0.1, 0.15) is 0 Å². The van der Waals surface area contributed by atoms with Crippen molar-refractivity contribution in [3.05, 3.63) is 60.6 Å². The molecule has 1 aromatic carbocycles. The normalized spacial score (nSPS) is 10.3. The molecule has 0 radical (unpaired) electrons. The first kappa shape index (κ1) is 13.4. The molecule has 0 aliphatic carbocycles. The Kier molecular flexibility index (Phi) is 3.97. The highest BCUT2D eigenvalue weighted by Gasteiger charge is 2.05. The summed E-state index contributed by atoms with van der Waals surface area (Å²) in [5.74, 6) is -0.0478. The fraction of sp³-hybridized carbons (Fsp3) is 0.0667. The largest absolute Gasteiger partial charge is 0.326 e. The van der Waals surface area contributed by atoms with Crippen molar-refractivity contribution in [2.75, 3.05) is 5.32 Å². The molecule has 0 spiro atoms. The van der Waals surface area contributed by atoms with Gasteiger partial charge in [-0.1, -0.05) is 16.6 Å². The Bertz CT molecular complexity index is 711. The molecule has 1 N–H and O–H groups in total. The Morgan fingerprint density at radius 3 is 2.52 bits per heavy atom. The average Bonchev–Trinajstić information content (AvgIpc) is 3.03. The minimum absolute atomic E-state index is 0.0478. The monoisotopic (exact) mass is 296 g/mol. The molecule has 0 saturated carbocycles. The third kappa shape index (κ3) is 3.49. The molecule has 3 aromatic rings. The molecule has 2 aromatic heterocycles. The second-order valence-corrected chi connectivity index (χ2v) is 5.23. The second-order valence-electron chi connectivity index (χ2n) is 4.44. The first-order chi connectivity index (χ1) is 10.3. The first-order valence-corrected chi connectivity index (χ1v) is 7.15. The summed E-state index contributed by atoms with van der Waals surface area (Å²) in [6, 6.07) is 11.3. The van der Waals surface area contributed by atoms with Crippen LogP contribution < -0.4 is 5.32 Å². The molecule has 104 valence electrons. The molecule has 0 atom stereocenters. The molecule has 0 saturated heterocycles. The second kappa shape index (κ2) is 6.23. The molecule has 5 nitrogen and oxygen atoms in total. The molecule has 2 heterocycles. The summed E-state index contributed by atoms with van der Waals surface area (Å²) < 4.78 is 3.83. The van der Waals surface area contributed by atoms with Gasteiger partial charge in [0.05, 0.1) is 17.5 Å². The van der Waals surface area contributed by atoms with Crippen LogP contribution >= 0.6 is 11.5 Å². The quantitative estimate of drug-likeness (QED) is 0.804. The van der Waals surface area contributed by atoms with E-state index in [0.29, 0.717) is 6.42 Å². The lowest BCUT2D eigenvalue weighted by molar-refractivity contribution is -0.115. The van der Waals surface area contributed by atoms with Crippen molar-refractivity contribution in [3.8, 4) is 10.4 Å². The van der Waals surface area contributed by atoms with E-state index in [1.165, 1.54) is 11.5 Å². The Balaban J connectivity index is 1.64. The van der Waals surface area contributed by atoms with E-state index >= 15 is 0 Å². The highest BCUT2D eigenvalue weighted by molar-refractivity contribution is 7.09. The number of anilines is 1. The summed E-state index contributed by atoms with van der Waals surface area (Å²) in [6.07, 6.45) is 5.42. The standard InChI is InChI=1S/C15H12N4OS/c20-15(9-11-5-7-16-8-6-11)18-13-3-1-12(2-4-13)14-10-17-19-21-14/h1-8,10H,9H2,(H,18,20). The predicted molar refractivity (Wildman–Crippen MR) is 81.9 cm³/mol. The number of aromatic nitrogens is 3. The molecule has 21 heavy (non-hydrogen) atoms. The predicted octanol–water partition coefficient (Wildman–Crippen LogP) is 2.78. The molecule has 0 unspecified atom stereocenters. The zero-order valence-electron chi connectivity index (χ0n) is 11.1. The van der Waals surface area contributed by atoms with E-state index < -0.39 is 0 Å². The topological polar surface area (TPSA) is 67.8 Å². The lowest BCUT2D eigenvalue weighted by Gasteiger charge is -2.06. The summed E-state index contributed by atoms with van der Waals surface area (Å²) >= 11 is 1.34. The van der Waals surface area contributed by atoms with Crippen LogP contribution in [0.15, 0.2) is 55.0 Å². The van der Waals surface area contributed by atoms with Gasteiger partial charge >= 0.3 is 0 Å². The van der Waals surface area contributed by atoms with Crippen LogP contribution in [0.2, 0.25) is 0 Å². The number of carbonyl (C=O) groups excluding carboxylic acids is 1. The smallest absolute Gasteiger partial charge is 0.228 e. The molecule has 0 fully saturated rings. The summed E-state index contributed by atoms with van der Waals surface area (Å²) in [5, 5.41) is 6.69. The van der Waals surface area contributed by atoms with Gasteiger partial charge in [0.2, 0.25) is 5.91 Å². The Morgan fingerprint density at radius 1 is 1.10 bits per heavy atom. The van der Waals surface area contributed by atoms with Crippen molar-refractivity contribution >= 4 is 23.1 Å². The van der Waals surface area contributed by atoms with Crippen molar-refractivity contribution in [3.63, 3.8) is 0 Å². The first-order valence-electron chi connectivity index (χ1n) is 6.38. The van der Waals surface area contributed by atoms with Crippen LogP contribution in [-0.2, 0) is 11.2 Å². The Labute approximate surface area is 125 Å². The maximum absolute atomic E-state index is 11.9. The minimum Gasteiger partial charge on any atom is -0.326 e.